The normalized spacial score (nSPS) is 11.0. The Morgan fingerprint density at radius 3 is 1.93 bits per heavy atom. The molecule has 0 radical (unpaired) electrons. The topological polar surface area (TPSA) is 84.7 Å². The second kappa shape index (κ2) is 24.7. The molecule has 0 aliphatic heterocycles. The van der Waals surface area contributed by atoms with E-state index in [9.17, 15) is 9.59 Å². The van der Waals surface area contributed by atoms with E-state index in [1.54, 1.807) is 4.90 Å². The van der Waals surface area contributed by atoms with Crippen molar-refractivity contribution in [1.29, 1.82) is 0 Å². The number of hydrogen-bond acceptors (Lipinski definition) is 4. The Balaban J connectivity index is 2.61. The minimum Gasteiger partial charge on any atom is -0.493 e. The molecule has 1 aromatic carbocycles. The van der Waals surface area contributed by atoms with Gasteiger partial charge in [-0.2, -0.15) is 0 Å². The van der Waals surface area contributed by atoms with E-state index in [4.69, 9.17) is 10.5 Å². The molecule has 0 saturated carbocycles. The molecule has 0 saturated heterocycles. The number of nitrogens with two attached hydrogens (primary N) is 1. The summed E-state index contributed by atoms with van der Waals surface area (Å²) < 4.78 is 6.20. The number of carbonyl (C=O) groups excluding carboxylic acids is 2. The van der Waals surface area contributed by atoms with Gasteiger partial charge in [0.15, 0.2) is 0 Å². The van der Waals surface area contributed by atoms with Crippen LogP contribution in [0.5, 0.6) is 5.75 Å². The fourth-order valence-corrected chi connectivity index (χ4v) is 4.94. The molecular formula is C34H61N3O3. The Morgan fingerprint density at radius 1 is 0.750 bits per heavy atom. The molecular weight excluding hydrogens is 498 g/mol. The van der Waals surface area contributed by atoms with E-state index in [1.807, 2.05) is 25.2 Å². The lowest BCUT2D eigenvalue weighted by molar-refractivity contribution is -0.130. The monoisotopic (exact) mass is 559 g/mol. The zero-order valence-electron chi connectivity index (χ0n) is 26.2. The van der Waals surface area contributed by atoms with Gasteiger partial charge >= 0.3 is 0 Å². The molecule has 1 aromatic rings. The van der Waals surface area contributed by atoms with Crippen LogP contribution < -0.4 is 15.8 Å². The molecule has 2 amide bonds. The third-order valence-electron chi connectivity index (χ3n) is 7.54. The Morgan fingerprint density at radius 2 is 1.30 bits per heavy atom. The summed E-state index contributed by atoms with van der Waals surface area (Å²) in [7, 11) is 1.85. The average molecular weight is 560 g/mol. The molecule has 0 fully saturated rings. The van der Waals surface area contributed by atoms with Crippen LogP contribution in [0.1, 0.15) is 148 Å². The highest BCUT2D eigenvalue weighted by Gasteiger charge is 2.14. The van der Waals surface area contributed by atoms with Crippen molar-refractivity contribution in [3.05, 3.63) is 23.8 Å². The minimum atomic E-state index is 0.0471. The molecule has 230 valence electrons. The van der Waals surface area contributed by atoms with Crippen LogP contribution in [-0.2, 0) is 16.1 Å². The maximum atomic E-state index is 12.7. The fourth-order valence-electron chi connectivity index (χ4n) is 4.94. The second-order valence-corrected chi connectivity index (χ2v) is 11.4. The van der Waals surface area contributed by atoms with Gasteiger partial charge in [0, 0.05) is 37.7 Å². The van der Waals surface area contributed by atoms with Crippen LogP contribution >= 0.6 is 0 Å². The first-order valence-electron chi connectivity index (χ1n) is 16.5. The Hall–Kier alpha value is -2.08. The van der Waals surface area contributed by atoms with E-state index >= 15 is 0 Å². The summed E-state index contributed by atoms with van der Waals surface area (Å²) in [4.78, 5) is 27.0. The number of nitrogens with one attached hydrogen (secondary N) is 1. The van der Waals surface area contributed by atoms with Crippen molar-refractivity contribution in [1.82, 2.24) is 4.90 Å². The first-order chi connectivity index (χ1) is 19.5. The largest absolute Gasteiger partial charge is 0.493 e. The highest BCUT2D eigenvalue weighted by molar-refractivity contribution is 5.90. The zero-order valence-corrected chi connectivity index (χ0v) is 26.2. The van der Waals surface area contributed by atoms with Gasteiger partial charge in [-0.1, -0.05) is 104 Å². The van der Waals surface area contributed by atoms with E-state index in [-0.39, 0.29) is 11.8 Å². The van der Waals surface area contributed by atoms with Crippen LogP contribution in [0.3, 0.4) is 0 Å². The molecule has 0 spiro atoms. The van der Waals surface area contributed by atoms with Crippen LogP contribution in [0, 0.1) is 0 Å². The first-order valence-corrected chi connectivity index (χ1v) is 16.5. The smallest absolute Gasteiger partial charge is 0.224 e. The third kappa shape index (κ3) is 18.3. The molecule has 0 bridgehead atoms. The number of rotatable bonds is 26. The van der Waals surface area contributed by atoms with E-state index in [1.165, 1.54) is 77.0 Å². The predicted octanol–water partition coefficient (Wildman–Crippen LogP) is 8.76. The lowest BCUT2D eigenvalue weighted by Gasteiger charge is -2.20. The van der Waals surface area contributed by atoms with Gasteiger partial charge in [-0.15, -0.1) is 0 Å². The highest BCUT2D eigenvalue weighted by atomic mass is 16.5. The molecule has 0 aliphatic rings. The van der Waals surface area contributed by atoms with Gasteiger partial charge in [0.2, 0.25) is 11.8 Å². The summed E-state index contributed by atoms with van der Waals surface area (Å²) in [6, 6.07) is 5.84. The van der Waals surface area contributed by atoms with E-state index in [0.717, 1.165) is 55.5 Å². The second-order valence-electron chi connectivity index (χ2n) is 11.4. The molecule has 6 nitrogen and oxygen atoms in total. The number of unbranched alkanes of at least 4 members (excludes halogenated alkanes) is 15. The van der Waals surface area contributed by atoms with Gasteiger partial charge in [-0.05, 0) is 50.4 Å². The van der Waals surface area contributed by atoms with Crippen molar-refractivity contribution in [3.63, 3.8) is 0 Å². The molecule has 6 heteroatoms. The lowest BCUT2D eigenvalue weighted by Crippen LogP contribution is -2.26. The van der Waals surface area contributed by atoms with E-state index in [0.29, 0.717) is 32.5 Å². The van der Waals surface area contributed by atoms with Crippen molar-refractivity contribution in [2.75, 3.05) is 25.5 Å². The summed E-state index contributed by atoms with van der Waals surface area (Å²) >= 11 is 0. The summed E-state index contributed by atoms with van der Waals surface area (Å²) in [6.07, 6.45) is 22.4. The van der Waals surface area contributed by atoms with E-state index in [2.05, 4.69) is 19.2 Å². The number of anilines is 1. The molecule has 0 aromatic heterocycles. The molecule has 0 heterocycles. The SMILES string of the molecule is CCCCCCCCCCCCOc1ccc(NC(=O)CCCCCCC)cc1CN(C)C(=O)CCCCCN. The Bertz CT molecular complexity index is 784. The van der Waals surface area contributed by atoms with Crippen molar-refractivity contribution >= 4 is 17.5 Å². The Labute approximate surface area is 246 Å². The molecule has 3 N–H and O–H groups in total. The molecule has 0 atom stereocenters. The summed E-state index contributed by atoms with van der Waals surface area (Å²) in [5.41, 5.74) is 7.28. The maximum Gasteiger partial charge on any atom is 0.224 e. The van der Waals surface area contributed by atoms with Crippen molar-refractivity contribution in [2.45, 2.75) is 149 Å². The van der Waals surface area contributed by atoms with Crippen LogP contribution in [0.2, 0.25) is 0 Å². The molecule has 0 aliphatic carbocycles. The summed E-state index contributed by atoms with van der Waals surface area (Å²) in [5, 5.41) is 3.05. The first kappa shape index (κ1) is 35.9. The molecule has 0 unspecified atom stereocenters. The van der Waals surface area contributed by atoms with Crippen molar-refractivity contribution in [2.24, 2.45) is 5.73 Å². The fraction of sp³-hybridized carbons (Fsp3) is 0.765. The van der Waals surface area contributed by atoms with Crippen LogP contribution in [0.15, 0.2) is 18.2 Å². The Kier molecular flexibility index (Phi) is 22.2. The number of benzene rings is 1. The summed E-state index contributed by atoms with van der Waals surface area (Å²) in [6.45, 7) is 6.26. The quantitative estimate of drug-likeness (QED) is 0.111. The zero-order chi connectivity index (χ0) is 29.3. The van der Waals surface area contributed by atoms with Gasteiger partial charge in [-0.3, -0.25) is 9.59 Å². The average Bonchev–Trinajstić information content (AvgIpc) is 2.94. The summed E-state index contributed by atoms with van der Waals surface area (Å²) in [5.74, 6) is 0.973. The number of amides is 2. The van der Waals surface area contributed by atoms with Gasteiger partial charge < -0.3 is 20.7 Å². The van der Waals surface area contributed by atoms with Gasteiger partial charge in [-0.25, -0.2) is 0 Å². The molecule has 1 rings (SSSR count). The maximum absolute atomic E-state index is 12.7. The molecule has 40 heavy (non-hydrogen) atoms. The highest BCUT2D eigenvalue weighted by Crippen LogP contribution is 2.25. The standard InChI is InChI=1S/C34H61N3O3/c1-4-6-8-10-11-12-13-14-16-21-27-40-32-25-24-31(36-33(38)22-18-15-9-7-5-2)28-30(32)29-37(3)34(39)23-19-17-20-26-35/h24-25,28H,4-23,26-27,29,35H2,1-3H3,(H,36,38). The van der Waals surface area contributed by atoms with Crippen molar-refractivity contribution < 1.29 is 14.3 Å². The number of ether oxygens (including phenoxy) is 1. The van der Waals surface area contributed by atoms with Crippen LogP contribution in [-0.4, -0.2) is 36.9 Å². The van der Waals surface area contributed by atoms with Gasteiger partial charge in [0.1, 0.15) is 5.75 Å². The van der Waals surface area contributed by atoms with Gasteiger partial charge in [0.25, 0.3) is 0 Å². The third-order valence-corrected chi connectivity index (χ3v) is 7.54. The van der Waals surface area contributed by atoms with E-state index < -0.39 is 0 Å². The van der Waals surface area contributed by atoms with Crippen molar-refractivity contribution in [3.8, 4) is 5.75 Å². The lowest BCUT2D eigenvalue weighted by atomic mass is 10.1. The number of nitrogens with zero attached hydrogens (tertiary/aromatic N) is 1. The van der Waals surface area contributed by atoms with Crippen LogP contribution in [0.25, 0.3) is 0 Å². The van der Waals surface area contributed by atoms with Gasteiger partial charge in [0.05, 0.1) is 6.61 Å². The minimum absolute atomic E-state index is 0.0471. The predicted molar refractivity (Wildman–Crippen MR) is 170 cm³/mol. The van der Waals surface area contributed by atoms with Crippen LogP contribution in [0.4, 0.5) is 5.69 Å². The number of hydrogen-bond donors (Lipinski definition) is 2. The number of carbonyl (C=O) groups is 2.